The van der Waals surface area contributed by atoms with Gasteiger partial charge in [-0.3, -0.25) is 9.59 Å². The molecule has 2 amide bonds. The molecule has 174 valence electrons. The lowest BCUT2D eigenvalue weighted by Gasteiger charge is -2.16. The van der Waals surface area contributed by atoms with E-state index in [1.807, 2.05) is 54.7 Å². The van der Waals surface area contributed by atoms with Gasteiger partial charge in [-0.2, -0.15) is 0 Å². The smallest absolute Gasteiger partial charge is 0.231 e. The van der Waals surface area contributed by atoms with Crippen molar-refractivity contribution >= 4 is 50.8 Å². The van der Waals surface area contributed by atoms with Crippen molar-refractivity contribution < 1.29 is 9.59 Å². The average molecular weight is 493 g/mol. The zero-order valence-corrected chi connectivity index (χ0v) is 20.4. The number of anilines is 1. The lowest BCUT2D eigenvalue weighted by molar-refractivity contribution is -0.128. The molecule has 1 unspecified atom stereocenters. The monoisotopic (exact) mass is 492 g/mol. The Morgan fingerprint density at radius 3 is 2.88 bits per heavy atom. The predicted molar refractivity (Wildman–Crippen MR) is 137 cm³/mol. The van der Waals surface area contributed by atoms with E-state index in [1.165, 1.54) is 11.3 Å². The van der Waals surface area contributed by atoms with Gasteiger partial charge < -0.3 is 15.2 Å². The predicted octanol–water partition coefficient (Wildman–Crippen LogP) is 5.54. The van der Waals surface area contributed by atoms with Crippen LogP contribution in [-0.4, -0.2) is 39.8 Å². The van der Waals surface area contributed by atoms with Crippen LogP contribution in [0.3, 0.4) is 0 Å². The van der Waals surface area contributed by atoms with E-state index in [9.17, 15) is 9.59 Å². The maximum Gasteiger partial charge on any atom is 0.231 e. The Labute approximate surface area is 207 Å². The van der Waals surface area contributed by atoms with Gasteiger partial charge in [0.25, 0.3) is 0 Å². The van der Waals surface area contributed by atoms with E-state index < -0.39 is 0 Å². The van der Waals surface area contributed by atoms with Crippen molar-refractivity contribution in [2.24, 2.45) is 5.92 Å². The van der Waals surface area contributed by atoms with Gasteiger partial charge in [0.1, 0.15) is 0 Å². The Hall–Kier alpha value is -3.16. The molecule has 6 nitrogen and oxygen atoms in total. The molecule has 1 aliphatic heterocycles. The maximum atomic E-state index is 13.0. The van der Waals surface area contributed by atoms with Crippen LogP contribution >= 0.6 is 22.9 Å². The molecular weight excluding hydrogens is 468 g/mol. The normalized spacial score (nSPS) is 15.9. The van der Waals surface area contributed by atoms with Crippen LogP contribution in [-0.2, 0) is 22.4 Å². The summed E-state index contributed by atoms with van der Waals surface area (Å²) >= 11 is 7.64. The Kier molecular flexibility index (Phi) is 6.39. The maximum absolute atomic E-state index is 13.0. The molecule has 2 aromatic heterocycles. The summed E-state index contributed by atoms with van der Waals surface area (Å²) in [7, 11) is 0. The first-order chi connectivity index (χ1) is 16.5. The van der Waals surface area contributed by atoms with Crippen LogP contribution in [0.1, 0.15) is 23.8 Å². The zero-order valence-electron chi connectivity index (χ0n) is 18.8. The third-order valence-electron chi connectivity index (χ3n) is 6.26. The number of halogens is 1. The number of hydrogen-bond acceptors (Lipinski definition) is 4. The van der Waals surface area contributed by atoms with Crippen LogP contribution in [0.25, 0.3) is 22.2 Å². The topological polar surface area (TPSA) is 78.1 Å². The van der Waals surface area contributed by atoms with E-state index in [0.29, 0.717) is 29.7 Å². The average Bonchev–Trinajstić information content (AvgIpc) is 3.54. The van der Waals surface area contributed by atoms with E-state index in [2.05, 4.69) is 22.2 Å². The molecule has 1 fully saturated rings. The number of hydrogen-bond donors (Lipinski definition) is 2. The number of likely N-dealkylation sites (tertiary alicyclic amines) is 1. The van der Waals surface area contributed by atoms with Gasteiger partial charge >= 0.3 is 0 Å². The van der Waals surface area contributed by atoms with Gasteiger partial charge in [0.05, 0.1) is 11.6 Å². The fourth-order valence-corrected chi connectivity index (χ4v) is 5.55. The Balaban J connectivity index is 1.22. The molecule has 1 saturated heterocycles. The largest absolute Gasteiger partial charge is 0.361 e. The third kappa shape index (κ3) is 4.58. The molecule has 3 heterocycles. The highest BCUT2D eigenvalue weighted by Gasteiger charge is 2.34. The molecule has 0 saturated carbocycles. The molecule has 2 N–H and O–H groups in total. The van der Waals surface area contributed by atoms with Gasteiger partial charge in [0, 0.05) is 52.1 Å². The molecule has 0 bridgehead atoms. The summed E-state index contributed by atoms with van der Waals surface area (Å²) < 4.78 is 0. The molecular formula is C26H25ClN4O2S. The number of nitrogens with one attached hydrogen (secondary N) is 2. The van der Waals surface area contributed by atoms with Crippen LogP contribution in [0.4, 0.5) is 5.13 Å². The lowest BCUT2D eigenvalue weighted by atomic mass is 10.1. The summed E-state index contributed by atoms with van der Waals surface area (Å²) in [5.74, 6) is -0.513. The second-order valence-electron chi connectivity index (χ2n) is 8.49. The first-order valence-corrected chi connectivity index (χ1v) is 12.6. The Morgan fingerprint density at radius 1 is 1.26 bits per heavy atom. The number of benzene rings is 2. The molecule has 4 aromatic rings. The van der Waals surface area contributed by atoms with E-state index in [1.54, 1.807) is 4.90 Å². The summed E-state index contributed by atoms with van der Waals surface area (Å²) in [5, 5.41) is 5.30. The number of nitrogens with zero attached hydrogens (tertiary/aromatic N) is 2. The number of H-pyrrole nitrogens is 1. The molecule has 1 atom stereocenters. The van der Waals surface area contributed by atoms with Crippen molar-refractivity contribution in [3.8, 4) is 11.3 Å². The second-order valence-corrected chi connectivity index (χ2v) is 10.0. The molecule has 0 spiro atoms. The van der Waals surface area contributed by atoms with Gasteiger partial charge in [-0.05, 0) is 36.6 Å². The SMILES string of the molecule is CCc1sc(NC(=O)C2CC(=O)N(CCc3c[nH]c4ccc(Cl)cc34)C2)nc1-c1ccccc1. The van der Waals surface area contributed by atoms with Crippen molar-refractivity contribution in [1.82, 2.24) is 14.9 Å². The Morgan fingerprint density at radius 2 is 2.09 bits per heavy atom. The standard InChI is InChI=1S/C26H25ClN4O2S/c1-2-22-24(16-6-4-3-5-7-16)29-26(34-22)30-25(33)18-12-23(32)31(15-18)11-10-17-14-28-21-9-8-19(27)13-20(17)21/h3-9,13-14,18,28H,2,10-12,15H2,1H3,(H,29,30,33). The quantitative estimate of drug-likeness (QED) is 0.355. The van der Waals surface area contributed by atoms with Crippen molar-refractivity contribution in [3.63, 3.8) is 0 Å². The molecule has 5 rings (SSSR count). The van der Waals surface area contributed by atoms with Crippen LogP contribution in [0, 0.1) is 5.92 Å². The minimum atomic E-state index is -0.376. The van der Waals surface area contributed by atoms with Gasteiger partial charge in [-0.25, -0.2) is 4.98 Å². The number of carbonyl (C=O) groups is 2. The highest BCUT2D eigenvalue weighted by atomic mass is 35.5. The summed E-state index contributed by atoms with van der Waals surface area (Å²) in [5.41, 5.74) is 4.08. The minimum Gasteiger partial charge on any atom is -0.361 e. The summed E-state index contributed by atoms with van der Waals surface area (Å²) in [6.07, 6.45) is 3.73. The second kappa shape index (κ2) is 9.60. The summed E-state index contributed by atoms with van der Waals surface area (Å²) in [6, 6.07) is 15.7. The van der Waals surface area contributed by atoms with E-state index in [-0.39, 0.29) is 24.2 Å². The highest BCUT2D eigenvalue weighted by molar-refractivity contribution is 7.16. The number of carbonyl (C=O) groups excluding carboxylic acids is 2. The van der Waals surface area contributed by atoms with E-state index in [4.69, 9.17) is 11.6 Å². The van der Waals surface area contributed by atoms with E-state index >= 15 is 0 Å². The fraction of sp³-hybridized carbons (Fsp3) is 0.269. The van der Waals surface area contributed by atoms with Gasteiger partial charge in [0.15, 0.2) is 5.13 Å². The number of aryl methyl sites for hydroxylation is 1. The molecule has 8 heteroatoms. The summed E-state index contributed by atoms with van der Waals surface area (Å²) in [4.78, 5) is 36.4. The molecule has 0 aliphatic carbocycles. The first kappa shape index (κ1) is 22.6. The number of aromatic nitrogens is 2. The van der Waals surface area contributed by atoms with Crippen LogP contribution in [0.5, 0.6) is 0 Å². The molecule has 34 heavy (non-hydrogen) atoms. The molecule has 2 aromatic carbocycles. The third-order valence-corrected chi connectivity index (χ3v) is 7.61. The Bertz CT molecular complexity index is 1350. The lowest BCUT2D eigenvalue weighted by Crippen LogP contribution is -2.30. The van der Waals surface area contributed by atoms with E-state index in [0.717, 1.165) is 39.0 Å². The van der Waals surface area contributed by atoms with Crippen molar-refractivity contribution in [2.45, 2.75) is 26.2 Å². The highest BCUT2D eigenvalue weighted by Crippen LogP contribution is 2.32. The summed E-state index contributed by atoms with van der Waals surface area (Å²) in [6.45, 7) is 3.07. The number of rotatable bonds is 7. The van der Waals surface area contributed by atoms with Gasteiger partial charge in [0.2, 0.25) is 11.8 Å². The first-order valence-electron chi connectivity index (χ1n) is 11.4. The number of amides is 2. The van der Waals surface area contributed by atoms with Crippen LogP contribution < -0.4 is 5.32 Å². The van der Waals surface area contributed by atoms with Crippen LogP contribution in [0.2, 0.25) is 5.02 Å². The van der Waals surface area contributed by atoms with Crippen molar-refractivity contribution in [2.75, 3.05) is 18.4 Å². The number of fused-ring (bicyclic) bond motifs is 1. The molecule has 0 radical (unpaired) electrons. The fourth-order valence-electron chi connectivity index (χ4n) is 4.45. The van der Waals surface area contributed by atoms with Crippen molar-refractivity contribution in [3.05, 3.63) is 70.2 Å². The number of aromatic amines is 1. The van der Waals surface area contributed by atoms with Crippen LogP contribution in [0.15, 0.2) is 54.7 Å². The molecule has 1 aliphatic rings. The van der Waals surface area contributed by atoms with Gasteiger partial charge in [-0.15, -0.1) is 11.3 Å². The van der Waals surface area contributed by atoms with Gasteiger partial charge in [-0.1, -0.05) is 48.9 Å². The van der Waals surface area contributed by atoms with Crippen molar-refractivity contribution in [1.29, 1.82) is 0 Å². The minimum absolute atomic E-state index is 0.0105. The zero-order chi connectivity index (χ0) is 23.7. The number of thiazole rings is 1.